The Kier molecular flexibility index (Phi) is 5.94. The minimum absolute atomic E-state index is 0.271. The zero-order chi connectivity index (χ0) is 24.5. The van der Waals surface area contributed by atoms with Gasteiger partial charge in [0, 0.05) is 25.4 Å². The lowest BCUT2D eigenvalue weighted by Gasteiger charge is -2.20. The summed E-state index contributed by atoms with van der Waals surface area (Å²) < 4.78 is 23.2. The van der Waals surface area contributed by atoms with Gasteiger partial charge in [0.1, 0.15) is 17.4 Å². The first-order valence-corrected chi connectivity index (χ1v) is 11.5. The van der Waals surface area contributed by atoms with E-state index in [1.165, 1.54) is 12.1 Å². The Bertz CT molecular complexity index is 1430. The van der Waals surface area contributed by atoms with Crippen molar-refractivity contribution in [3.63, 3.8) is 0 Å². The van der Waals surface area contributed by atoms with Crippen LogP contribution in [0.2, 0.25) is 0 Å². The molecule has 5 rings (SSSR count). The number of hydrogen-bond donors (Lipinski definition) is 1. The summed E-state index contributed by atoms with van der Waals surface area (Å²) in [5, 5.41) is 2.68. The fraction of sp³-hybridized carbons (Fsp3) is 0.222. The van der Waals surface area contributed by atoms with E-state index < -0.39 is 0 Å². The fourth-order valence-corrected chi connectivity index (χ4v) is 4.52. The van der Waals surface area contributed by atoms with Crippen molar-refractivity contribution in [2.45, 2.75) is 26.3 Å². The Morgan fingerprint density at radius 1 is 1.20 bits per heavy atom. The Balaban J connectivity index is 1.59. The number of nitrogens with one attached hydrogen (secondary N) is 1. The first-order valence-electron chi connectivity index (χ1n) is 11.5. The molecule has 8 heteroatoms. The highest BCUT2D eigenvalue weighted by Crippen LogP contribution is 2.35. The van der Waals surface area contributed by atoms with Gasteiger partial charge in [0.2, 0.25) is 0 Å². The molecule has 0 bridgehead atoms. The molecule has 2 aromatic carbocycles. The molecule has 1 aliphatic rings. The second-order valence-corrected chi connectivity index (χ2v) is 8.50. The maximum atomic E-state index is 13.6. The van der Waals surface area contributed by atoms with E-state index >= 15 is 0 Å². The summed E-state index contributed by atoms with van der Waals surface area (Å²) in [6.45, 7) is 2.67. The molecule has 3 heterocycles. The number of amides is 1. The molecule has 7 nitrogen and oxygen atoms in total. The SMILES string of the molecule is CNC(=O)c1nc2n(c1-c1ccc(F)cc1)CCCC2=Cc1ccc(-n2cnc(C)c2)c(OC)c1. The number of aryl methyl sites for hydroxylation is 1. The minimum Gasteiger partial charge on any atom is -0.495 e. The minimum atomic E-state index is -0.322. The number of methoxy groups -OCH3 is 1. The molecule has 1 N–H and O–H groups in total. The van der Waals surface area contributed by atoms with Crippen molar-refractivity contribution in [1.82, 2.24) is 24.4 Å². The summed E-state index contributed by atoms with van der Waals surface area (Å²) in [7, 11) is 3.24. The lowest BCUT2D eigenvalue weighted by Crippen LogP contribution is -2.19. The van der Waals surface area contributed by atoms with Gasteiger partial charge in [0.15, 0.2) is 5.69 Å². The van der Waals surface area contributed by atoms with Gasteiger partial charge in [-0.15, -0.1) is 0 Å². The summed E-state index contributed by atoms with van der Waals surface area (Å²) >= 11 is 0. The smallest absolute Gasteiger partial charge is 0.271 e. The summed E-state index contributed by atoms with van der Waals surface area (Å²) in [6.07, 6.45) is 7.54. The van der Waals surface area contributed by atoms with E-state index in [1.807, 2.05) is 35.9 Å². The number of carbonyl (C=O) groups is 1. The molecule has 0 saturated carbocycles. The number of fused-ring (bicyclic) bond motifs is 1. The van der Waals surface area contributed by atoms with Crippen LogP contribution < -0.4 is 10.1 Å². The molecule has 0 unspecified atom stereocenters. The quantitative estimate of drug-likeness (QED) is 0.450. The topological polar surface area (TPSA) is 74.0 Å². The molecule has 35 heavy (non-hydrogen) atoms. The van der Waals surface area contributed by atoms with Crippen LogP contribution in [-0.2, 0) is 6.54 Å². The van der Waals surface area contributed by atoms with E-state index in [4.69, 9.17) is 9.72 Å². The molecular weight excluding hydrogens is 445 g/mol. The molecule has 0 aliphatic carbocycles. The van der Waals surface area contributed by atoms with Crippen molar-refractivity contribution in [3.05, 3.63) is 83.6 Å². The van der Waals surface area contributed by atoms with Crippen LogP contribution in [0.4, 0.5) is 4.39 Å². The van der Waals surface area contributed by atoms with Crippen molar-refractivity contribution in [2.75, 3.05) is 14.2 Å². The zero-order valence-corrected chi connectivity index (χ0v) is 19.9. The number of ether oxygens (including phenoxy) is 1. The molecule has 0 fully saturated rings. The normalized spacial score (nSPS) is 14.1. The molecule has 0 atom stereocenters. The summed E-state index contributed by atoms with van der Waals surface area (Å²) in [6, 6.07) is 12.2. The van der Waals surface area contributed by atoms with Crippen LogP contribution in [0.15, 0.2) is 55.0 Å². The van der Waals surface area contributed by atoms with Gasteiger partial charge in [-0.2, -0.15) is 0 Å². The average Bonchev–Trinajstić information content (AvgIpc) is 3.48. The summed E-state index contributed by atoms with van der Waals surface area (Å²) in [4.78, 5) is 21.8. The van der Waals surface area contributed by atoms with Crippen molar-refractivity contribution in [3.8, 4) is 22.7 Å². The second kappa shape index (κ2) is 9.21. The largest absolute Gasteiger partial charge is 0.495 e. The number of allylic oxidation sites excluding steroid dienone is 1. The number of carbonyl (C=O) groups excluding carboxylic acids is 1. The van der Waals surface area contributed by atoms with Gasteiger partial charge < -0.3 is 19.2 Å². The molecular formula is C27H26FN5O2. The van der Waals surface area contributed by atoms with Crippen molar-refractivity contribution < 1.29 is 13.9 Å². The molecule has 178 valence electrons. The maximum absolute atomic E-state index is 13.6. The van der Waals surface area contributed by atoms with Crippen molar-refractivity contribution >= 4 is 17.6 Å². The van der Waals surface area contributed by atoms with Crippen LogP contribution in [0.25, 0.3) is 28.6 Å². The average molecular weight is 472 g/mol. The summed E-state index contributed by atoms with van der Waals surface area (Å²) in [5.41, 5.74) is 5.63. The number of halogens is 1. The third-order valence-corrected chi connectivity index (χ3v) is 6.18. The maximum Gasteiger partial charge on any atom is 0.271 e. The number of hydrogen-bond acceptors (Lipinski definition) is 4. The summed E-state index contributed by atoms with van der Waals surface area (Å²) in [5.74, 6) is 0.890. The monoisotopic (exact) mass is 471 g/mol. The lowest BCUT2D eigenvalue weighted by atomic mass is 10.0. The Hall–Kier alpha value is -4.20. The lowest BCUT2D eigenvalue weighted by molar-refractivity contribution is 0.0959. The van der Waals surface area contributed by atoms with E-state index in [0.717, 1.165) is 59.0 Å². The molecule has 0 spiro atoms. The Labute approximate surface area is 202 Å². The standard InChI is InChI=1S/C27H26FN5O2/c1-17-15-32(16-30-17)22-11-6-18(14-23(22)35-3)13-20-5-4-12-33-25(19-7-9-21(28)10-8-19)24(27(34)29-2)31-26(20)33/h6-11,13-16H,4-5,12H2,1-3H3,(H,29,34). The van der Waals surface area contributed by atoms with Gasteiger partial charge in [-0.1, -0.05) is 6.07 Å². The Morgan fingerprint density at radius 2 is 2.00 bits per heavy atom. The van der Waals surface area contributed by atoms with Crippen molar-refractivity contribution in [1.29, 1.82) is 0 Å². The number of imidazole rings is 2. The van der Waals surface area contributed by atoms with E-state index in [-0.39, 0.29) is 11.7 Å². The second-order valence-electron chi connectivity index (χ2n) is 8.50. The third kappa shape index (κ3) is 4.23. The van der Waals surface area contributed by atoms with Crippen molar-refractivity contribution in [2.24, 2.45) is 0 Å². The predicted molar refractivity (Wildman–Crippen MR) is 133 cm³/mol. The highest BCUT2D eigenvalue weighted by Gasteiger charge is 2.27. The molecule has 1 aliphatic heterocycles. The van der Waals surface area contributed by atoms with E-state index in [2.05, 4.69) is 20.9 Å². The van der Waals surface area contributed by atoms with E-state index in [1.54, 1.807) is 32.6 Å². The van der Waals surface area contributed by atoms with Gasteiger partial charge >= 0.3 is 0 Å². The van der Waals surface area contributed by atoms with Crippen LogP contribution in [0.1, 0.15) is 40.4 Å². The van der Waals surface area contributed by atoms with Gasteiger partial charge in [0.25, 0.3) is 5.91 Å². The van der Waals surface area contributed by atoms with Crippen LogP contribution in [-0.4, -0.2) is 39.2 Å². The molecule has 4 aromatic rings. The van der Waals surface area contributed by atoms with Gasteiger partial charge in [-0.05, 0) is 73.4 Å². The Morgan fingerprint density at radius 3 is 2.69 bits per heavy atom. The van der Waals surface area contributed by atoms with Crippen LogP contribution in [0, 0.1) is 12.7 Å². The first kappa shape index (κ1) is 22.6. The van der Waals surface area contributed by atoms with Crippen LogP contribution in [0.3, 0.4) is 0 Å². The molecule has 0 radical (unpaired) electrons. The predicted octanol–water partition coefficient (Wildman–Crippen LogP) is 4.89. The molecule has 2 aromatic heterocycles. The van der Waals surface area contributed by atoms with Gasteiger partial charge in [-0.25, -0.2) is 14.4 Å². The van der Waals surface area contributed by atoms with E-state index in [9.17, 15) is 9.18 Å². The van der Waals surface area contributed by atoms with Gasteiger partial charge in [-0.3, -0.25) is 4.79 Å². The fourth-order valence-electron chi connectivity index (χ4n) is 4.52. The number of benzene rings is 2. The van der Waals surface area contributed by atoms with Gasteiger partial charge in [0.05, 0.1) is 30.5 Å². The van der Waals surface area contributed by atoms with Crippen LogP contribution in [0.5, 0.6) is 5.75 Å². The number of rotatable bonds is 5. The first-order chi connectivity index (χ1) is 17.0. The molecule has 0 saturated heterocycles. The highest BCUT2D eigenvalue weighted by atomic mass is 19.1. The van der Waals surface area contributed by atoms with E-state index in [0.29, 0.717) is 11.4 Å². The number of aromatic nitrogens is 4. The third-order valence-electron chi connectivity index (χ3n) is 6.18. The number of nitrogens with zero attached hydrogens (tertiary/aromatic N) is 4. The molecule has 1 amide bonds. The van der Waals surface area contributed by atoms with Crippen LogP contribution >= 0.6 is 0 Å². The zero-order valence-electron chi connectivity index (χ0n) is 19.9. The highest BCUT2D eigenvalue weighted by molar-refractivity contribution is 5.99.